The first-order valence-electron chi connectivity index (χ1n) is 8.22. The topological polar surface area (TPSA) is 87.7 Å². The quantitative estimate of drug-likeness (QED) is 0.779. The first-order chi connectivity index (χ1) is 12.0. The lowest BCUT2D eigenvalue weighted by molar-refractivity contribution is -0.122. The molecule has 0 saturated carbocycles. The first kappa shape index (κ1) is 15.7. The van der Waals surface area contributed by atoms with Gasteiger partial charge in [-0.1, -0.05) is 30.3 Å². The normalized spacial score (nSPS) is 23.9. The summed E-state index contributed by atoms with van der Waals surface area (Å²) in [5.74, 6) is -0.237. The number of amides is 2. The second-order valence-corrected chi connectivity index (χ2v) is 6.35. The Morgan fingerprint density at radius 2 is 2.04 bits per heavy atom. The average molecular weight is 338 g/mol. The zero-order valence-electron chi connectivity index (χ0n) is 13.7. The Labute approximate surface area is 144 Å². The van der Waals surface area contributed by atoms with Gasteiger partial charge in [0.25, 0.3) is 11.8 Å². The molecule has 0 bridgehead atoms. The third kappa shape index (κ3) is 2.64. The second kappa shape index (κ2) is 5.89. The molecule has 1 aliphatic heterocycles. The molecule has 0 radical (unpaired) electrons. The molecule has 1 unspecified atom stereocenters. The molecule has 4 rings (SSSR count). The highest BCUT2D eigenvalue weighted by Crippen LogP contribution is 2.35. The molecular formula is C19H18N2O4. The van der Waals surface area contributed by atoms with E-state index in [4.69, 9.17) is 4.74 Å². The van der Waals surface area contributed by atoms with Crippen LogP contribution in [0.25, 0.3) is 0 Å². The number of hydrogen-bond acceptors (Lipinski definition) is 4. The molecule has 2 aliphatic rings. The van der Waals surface area contributed by atoms with Crippen molar-refractivity contribution < 1.29 is 19.4 Å². The van der Waals surface area contributed by atoms with Crippen LogP contribution in [0.15, 0.2) is 42.5 Å². The number of fused-ring (bicyclic) bond motifs is 2. The van der Waals surface area contributed by atoms with Crippen LogP contribution in [0, 0.1) is 0 Å². The van der Waals surface area contributed by atoms with Gasteiger partial charge >= 0.3 is 0 Å². The highest BCUT2D eigenvalue weighted by molar-refractivity contribution is 6.04. The van der Waals surface area contributed by atoms with E-state index < -0.39 is 18.2 Å². The Morgan fingerprint density at radius 3 is 2.88 bits per heavy atom. The second-order valence-electron chi connectivity index (χ2n) is 6.35. The molecule has 0 aromatic heterocycles. The minimum atomic E-state index is -0.667. The van der Waals surface area contributed by atoms with E-state index in [9.17, 15) is 14.7 Å². The number of benzene rings is 2. The molecule has 2 aromatic rings. The van der Waals surface area contributed by atoms with Crippen LogP contribution in [-0.4, -0.2) is 29.1 Å². The van der Waals surface area contributed by atoms with Crippen LogP contribution in [0.1, 0.15) is 34.5 Å². The van der Waals surface area contributed by atoms with Crippen LogP contribution in [0.2, 0.25) is 0 Å². The summed E-state index contributed by atoms with van der Waals surface area (Å²) in [7, 11) is 0. The molecular weight excluding hydrogens is 320 g/mol. The van der Waals surface area contributed by atoms with Gasteiger partial charge in [0.2, 0.25) is 0 Å². The van der Waals surface area contributed by atoms with Gasteiger partial charge in [0.05, 0.1) is 23.4 Å². The van der Waals surface area contributed by atoms with Crippen LogP contribution >= 0.6 is 0 Å². The Kier molecular flexibility index (Phi) is 3.69. The van der Waals surface area contributed by atoms with E-state index >= 15 is 0 Å². The Balaban J connectivity index is 1.63. The van der Waals surface area contributed by atoms with Crippen LogP contribution in [0.5, 0.6) is 5.75 Å². The summed E-state index contributed by atoms with van der Waals surface area (Å²) in [5, 5.41) is 15.9. The standard InChI is InChI=1S/C19H18N2O4/c1-10-18(23)20-14-8-4-7-13(17(14)25-10)19(24)21-16-12-6-3-2-5-11(12)9-15(16)22/h2-8,10,15-16,22H,9H2,1H3,(H,20,23)(H,21,24)/t10?,15-,16-/m0/s1. The first-order valence-corrected chi connectivity index (χ1v) is 8.22. The van der Waals surface area contributed by atoms with Gasteiger partial charge in [0.1, 0.15) is 0 Å². The Morgan fingerprint density at radius 1 is 1.24 bits per heavy atom. The lowest BCUT2D eigenvalue weighted by atomic mass is 10.1. The van der Waals surface area contributed by atoms with E-state index in [0.717, 1.165) is 11.1 Å². The number of anilines is 1. The van der Waals surface area contributed by atoms with E-state index in [0.29, 0.717) is 23.4 Å². The molecule has 3 atom stereocenters. The number of nitrogens with one attached hydrogen (secondary N) is 2. The van der Waals surface area contributed by atoms with Gasteiger partial charge in [0, 0.05) is 6.42 Å². The molecule has 0 fully saturated rings. The lowest BCUT2D eigenvalue weighted by Gasteiger charge is -2.26. The SMILES string of the molecule is CC1Oc2c(cccc2C(=O)N[C@H]2c3ccccc3C[C@@H]2O)NC1=O. The number of carbonyl (C=O) groups excluding carboxylic acids is 2. The predicted molar refractivity (Wildman–Crippen MR) is 91.5 cm³/mol. The van der Waals surface area contributed by atoms with Crippen molar-refractivity contribution in [2.75, 3.05) is 5.32 Å². The van der Waals surface area contributed by atoms with Crippen LogP contribution in [-0.2, 0) is 11.2 Å². The van der Waals surface area contributed by atoms with Gasteiger partial charge in [-0.2, -0.15) is 0 Å². The summed E-state index contributed by atoms with van der Waals surface area (Å²) in [5.41, 5.74) is 2.77. The van der Waals surface area contributed by atoms with Gasteiger partial charge < -0.3 is 20.5 Å². The highest BCUT2D eigenvalue weighted by atomic mass is 16.5. The van der Waals surface area contributed by atoms with Crippen molar-refractivity contribution in [2.45, 2.75) is 31.6 Å². The minimum Gasteiger partial charge on any atom is -0.478 e. The van der Waals surface area contributed by atoms with Gasteiger partial charge in [-0.25, -0.2) is 0 Å². The minimum absolute atomic E-state index is 0.245. The Hall–Kier alpha value is -2.86. The van der Waals surface area contributed by atoms with Gasteiger partial charge in [0.15, 0.2) is 11.9 Å². The molecule has 0 saturated heterocycles. The van der Waals surface area contributed by atoms with Crippen molar-refractivity contribution >= 4 is 17.5 Å². The van der Waals surface area contributed by atoms with Crippen LogP contribution in [0.4, 0.5) is 5.69 Å². The fourth-order valence-electron chi connectivity index (χ4n) is 3.37. The van der Waals surface area contributed by atoms with Crippen LogP contribution in [0.3, 0.4) is 0 Å². The summed E-state index contributed by atoms with van der Waals surface area (Å²) in [6.07, 6.45) is -0.822. The molecule has 0 spiro atoms. The molecule has 25 heavy (non-hydrogen) atoms. The number of carbonyl (C=O) groups is 2. The molecule has 2 aromatic carbocycles. The van der Waals surface area contributed by atoms with E-state index in [2.05, 4.69) is 10.6 Å². The third-order valence-corrected chi connectivity index (χ3v) is 4.67. The number of aliphatic hydroxyl groups is 1. The number of rotatable bonds is 2. The van der Waals surface area contributed by atoms with E-state index in [1.165, 1.54) is 0 Å². The van der Waals surface area contributed by atoms with Crippen molar-refractivity contribution in [3.05, 3.63) is 59.2 Å². The summed E-state index contributed by atoms with van der Waals surface area (Å²) >= 11 is 0. The lowest BCUT2D eigenvalue weighted by Crippen LogP contribution is -2.37. The van der Waals surface area contributed by atoms with E-state index in [1.807, 2.05) is 24.3 Å². The van der Waals surface area contributed by atoms with Crippen LogP contribution < -0.4 is 15.4 Å². The summed E-state index contributed by atoms with van der Waals surface area (Å²) in [4.78, 5) is 24.5. The van der Waals surface area contributed by atoms with Crippen molar-refractivity contribution in [2.24, 2.45) is 0 Å². The summed E-state index contributed by atoms with van der Waals surface area (Å²) in [6.45, 7) is 1.63. The van der Waals surface area contributed by atoms with E-state index in [1.54, 1.807) is 25.1 Å². The summed E-state index contributed by atoms with van der Waals surface area (Å²) in [6, 6.07) is 12.2. The average Bonchev–Trinajstić information content (AvgIpc) is 2.91. The monoisotopic (exact) mass is 338 g/mol. The maximum atomic E-state index is 12.8. The molecule has 2 amide bonds. The number of ether oxygens (including phenoxy) is 1. The van der Waals surface area contributed by atoms with E-state index in [-0.39, 0.29) is 11.8 Å². The maximum absolute atomic E-state index is 12.8. The molecule has 3 N–H and O–H groups in total. The maximum Gasteiger partial charge on any atom is 0.265 e. The zero-order chi connectivity index (χ0) is 17.6. The molecule has 6 nitrogen and oxygen atoms in total. The van der Waals surface area contributed by atoms with Gasteiger partial charge in [-0.3, -0.25) is 9.59 Å². The number of para-hydroxylation sites is 1. The highest BCUT2D eigenvalue weighted by Gasteiger charge is 2.34. The fourth-order valence-corrected chi connectivity index (χ4v) is 3.37. The zero-order valence-corrected chi connectivity index (χ0v) is 13.7. The molecule has 6 heteroatoms. The number of aliphatic hydroxyl groups excluding tert-OH is 1. The smallest absolute Gasteiger partial charge is 0.265 e. The van der Waals surface area contributed by atoms with Gasteiger partial charge in [-0.15, -0.1) is 0 Å². The fraction of sp³-hybridized carbons (Fsp3) is 0.263. The van der Waals surface area contributed by atoms with Crippen molar-refractivity contribution in [3.8, 4) is 5.75 Å². The van der Waals surface area contributed by atoms with Crippen molar-refractivity contribution in [1.82, 2.24) is 5.32 Å². The third-order valence-electron chi connectivity index (χ3n) is 4.67. The Bertz CT molecular complexity index is 864. The van der Waals surface area contributed by atoms with Gasteiger partial charge in [-0.05, 0) is 30.2 Å². The number of hydrogen-bond donors (Lipinski definition) is 3. The van der Waals surface area contributed by atoms with Crippen molar-refractivity contribution in [3.63, 3.8) is 0 Å². The molecule has 128 valence electrons. The van der Waals surface area contributed by atoms with Crippen molar-refractivity contribution in [1.29, 1.82) is 0 Å². The molecule has 1 aliphatic carbocycles. The largest absolute Gasteiger partial charge is 0.478 e. The molecule has 1 heterocycles. The predicted octanol–water partition coefficient (Wildman–Crippen LogP) is 1.79. The summed E-state index contributed by atoms with van der Waals surface area (Å²) < 4.78 is 5.62.